The van der Waals surface area contributed by atoms with Crippen LogP contribution in [0.25, 0.3) is 10.1 Å². The Balaban J connectivity index is 1.08. The highest BCUT2D eigenvalue weighted by Crippen LogP contribution is 2.35. The maximum Gasteiger partial charge on any atom is 0.355 e. The lowest BCUT2D eigenvalue weighted by molar-refractivity contribution is -0.127. The fourth-order valence-electron chi connectivity index (χ4n) is 3.79. The van der Waals surface area contributed by atoms with E-state index in [0.717, 1.165) is 15.6 Å². The van der Waals surface area contributed by atoms with Gasteiger partial charge in [-0.1, -0.05) is 60.1 Å². The average Bonchev–Trinajstić information content (AvgIpc) is 3.34. The highest BCUT2D eigenvalue weighted by Gasteiger charge is 2.19. The van der Waals surface area contributed by atoms with Gasteiger partial charge in [-0.2, -0.15) is 5.10 Å². The molecule has 0 saturated carbocycles. The first-order chi connectivity index (χ1) is 20.0. The molecule has 1 N–H and O–H groups in total. The third-order valence-corrected chi connectivity index (χ3v) is 7.61. The number of hydrogen-bond donors (Lipinski definition) is 1. The number of nitrogens with one attached hydrogen (secondary N) is 1. The first kappa shape index (κ1) is 27.9. The van der Waals surface area contributed by atoms with E-state index >= 15 is 0 Å². The molecule has 1 heterocycles. The number of ether oxygens (including phenoxy) is 3. The summed E-state index contributed by atoms with van der Waals surface area (Å²) in [5.74, 6) is 0.672. The van der Waals surface area contributed by atoms with Gasteiger partial charge in [-0.3, -0.25) is 4.79 Å². The number of amides is 1. The van der Waals surface area contributed by atoms with Crippen molar-refractivity contribution in [3.63, 3.8) is 0 Å². The molecule has 4 aromatic carbocycles. The molecule has 0 spiro atoms. The SMILES string of the molecule is C[C@H](Oc1ccc(OCc2ccccc2)cc1)C(=O)N/N=C\c1ccc(OC(=O)c2sc3ccccc3c2Cl)cc1. The molecule has 5 rings (SSSR count). The minimum Gasteiger partial charge on any atom is -0.489 e. The summed E-state index contributed by atoms with van der Waals surface area (Å²) in [6.07, 6.45) is 0.712. The van der Waals surface area contributed by atoms with Crippen LogP contribution in [0.15, 0.2) is 108 Å². The molecule has 0 aliphatic rings. The van der Waals surface area contributed by atoms with Gasteiger partial charge in [-0.25, -0.2) is 10.2 Å². The van der Waals surface area contributed by atoms with Crippen molar-refractivity contribution in [3.8, 4) is 17.2 Å². The van der Waals surface area contributed by atoms with Gasteiger partial charge in [0.25, 0.3) is 5.91 Å². The van der Waals surface area contributed by atoms with Crippen molar-refractivity contribution >= 4 is 51.1 Å². The van der Waals surface area contributed by atoms with Gasteiger partial charge in [0, 0.05) is 10.1 Å². The van der Waals surface area contributed by atoms with Gasteiger partial charge in [0.15, 0.2) is 6.10 Å². The molecule has 0 aliphatic carbocycles. The summed E-state index contributed by atoms with van der Waals surface area (Å²) in [4.78, 5) is 25.4. The molecule has 1 aromatic heterocycles. The van der Waals surface area contributed by atoms with E-state index in [1.807, 2.05) is 54.6 Å². The summed E-state index contributed by atoms with van der Waals surface area (Å²) in [5, 5.41) is 5.21. The molecule has 0 unspecified atom stereocenters. The van der Waals surface area contributed by atoms with Crippen LogP contribution in [0, 0.1) is 0 Å². The molecule has 0 aliphatic heterocycles. The molecular weight excluding hydrogens is 560 g/mol. The molecule has 0 fully saturated rings. The second kappa shape index (κ2) is 13.1. The Labute approximate surface area is 245 Å². The summed E-state index contributed by atoms with van der Waals surface area (Å²) in [5.41, 5.74) is 4.24. The number of benzene rings is 4. The second-order valence-corrected chi connectivity index (χ2v) is 10.4. The van der Waals surface area contributed by atoms with Crippen molar-refractivity contribution in [2.75, 3.05) is 0 Å². The van der Waals surface area contributed by atoms with E-state index in [-0.39, 0.29) is 0 Å². The summed E-state index contributed by atoms with van der Waals surface area (Å²) in [7, 11) is 0. The molecule has 206 valence electrons. The van der Waals surface area contributed by atoms with Crippen LogP contribution in [-0.4, -0.2) is 24.2 Å². The van der Waals surface area contributed by atoms with Crippen molar-refractivity contribution in [2.24, 2.45) is 5.10 Å². The Morgan fingerprint density at radius 2 is 1.54 bits per heavy atom. The summed E-state index contributed by atoms with van der Waals surface area (Å²) >= 11 is 7.66. The fraction of sp³-hybridized carbons (Fsp3) is 0.0938. The number of nitrogens with zero attached hydrogens (tertiary/aromatic N) is 1. The highest BCUT2D eigenvalue weighted by atomic mass is 35.5. The number of hydrogen-bond acceptors (Lipinski definition) is 7. The van der Waals surface area contributed by atoms with E-state index in [9.17, 15) is 9.59 Å². The zero-order chi connectivity index (χ0) is 28.6. The van der Waals surface area contributed by atoms with E-state index in [0.29, 0.717) is 39.3 Å². The fourth-order valence-corrected chi connectivity index (χ4v) is 5.18. The second-order valence-electron chi connectivity index (χ2n) is 8.94. The van der Waals surface area contributed by atoms with Crippen LogP contribution < -0.4 is 19.6 Å². The zero-order valence-electron chi connectivity index (χ0n) is 22.0. The molecule has 1 amide bonds. The van der Waals surface area contributed by atoms with Crippen LogP contribution in [0.1, 0.15) is 27.7 Å². The summed E-state index contributed by atoms with van der Waals surface area (Å²) in [6.45, 7) is 2.10. The quantitative estimate of drug-likeness (QED) is 0.0807. The Bertz CT molecular complexity index is 1670. The first-order valence-corrected chi connectivity index (χ1v) is 13.9. The van der Waals surface area contributed by atoms with Crippen molar-refractivity contribution in [3.05, 3.63) is 124 Å². The van der Waals surface area contributed by atoms with Gasteiger partial charge >= 0.3 is 5.97 Å². The molecule has 7 nitrogen and oxygen atoms in total. The van der Waals surface area contributed by atoms with E-state index < -0.39 is 18.0 Å². The van der Waals surface area contributed by atoms with Gasteiger partial charge in [0.1, 0.15) is 28.7 Å². The number of carbonyl (C=O) groups is 2. The van der Waals surface area contributed by atoms with Crippen LogP contribution in [0.2, 0.25) is 5.02 Å². The molecule has 0 saturated heterocycles. The van der Waals surface area contributed by atoms with Crippen LogP contribution in [-0.2, 0) is 11.4 Å². The number of hydrazone groups is 1. The van der Waals surface area contributed by atoms with E-state index in [2.05, 4.69) is 10.5 Å². The lowest BCUT2D eigenvalue weighted by Crippen LogP contribution is -2.33. The molecule has 9 heteroatoms. The van der Waals surface area contributed by atoms with Crippen LogP contribution in [0.5, 0.6) is 17.2 Å². The lowest BCUT2D eigenvalue weighted by Gasteiger charge is -2.13. The van der Waals surface area contributed by atoms with Crippen LogP contribution in [0.3, 0.4) is 0 Å². The third-order valence-electron chi connectivity index (χ3n) is 5.95. The Hall–Kier alpha value is -4.66. The third kappa shape index (κ3) is 7.30. The Morgan fingerprint density at radius 3 is 2.27 bits per heavy atom. The summed E-state index contributed by atoms with van der Waals surface area (Å²) in [6, 6.07) is 31.2. The predicted octanol–water partition coefficient (Wildman–Crippen LogP) is 7.27. The number of esters is 1. The smallest absolute Gasteiger partial charge is 0.355 e. The Morgan fingerprint density at radius 1 is 0.878 bits per heavy atom. The number of thiophene rings is 1. The van der Waals surface area contributed by atoms with Crippen molar-refractivity contribution in [1.82, 2.24) is 5.43 Å². The zero-order valence-corrected chi connectivity index (χ0v) is 23.5. The largest absolute Gasteiger partial charge is 0.489 e. The number of fused-ring (bicyclic) bond motifs is 1. The molecule has 5 aromatic rings. The standard InChI is InChI=1S/C32H25ClN2O5S/c1-21(39-25-17-15-24(16-18-25)38-20-23-7-3-2-4-8-23)31(36)35-34-19-22-11-13-26(14-12-22)40-32(37)30-29(33)27-9-5-6-10-28(27)41-30/h2-19,21H,20H2,1H3,(H,35,36)/b34-19-/t21-/m0/s1. The van der Waals surface area contributed by atoms with E-state index in [1.165, 1.54) is 17.6 Å². The van der Waals surface area contributed by atoms with Gasteiger partial charge in [0.05, 0.1) is 11.2 Å². The molecule has 0 radical (unpaired) electrons. The first-order valence-electron chi connectivity index (χ1n) is 12.7. The van der Waals surface area contributed by atoms with E-state index in [4.69, 9.17) is 25.8 Å². The monoisotopic (exact) mass is 584 g/mol. The number of halogens is 1. The minimum absolute atomic E-state index is 0.352. The topological polar surface area (TPSA) is 86.2 Å². The average molecular weight is 585 g/mol. The molecular formula is C32H25ClN2O5S. The van der Waals surface area contributed by atoms with E-state index in [1.54, 1.807) is 55.5 Å². The van der Waals surface area contributed by atoms with Crippen molar-refractivity contribution in [2.45, 2.75) is 19.6 Å². The van der Waals surface area contributed by atoms with Gasteiger partial charge in [0.2, 0.25) is 0 Å². The van der Waals surface area contributed by atoms with Crippen molar-refractivity contribution < 1.29 is 23.8 Å². The molecule has 41 heavy (non-hydrogen) atoms. The van der Waals surface area contributed by atoms with Crippen molar-refractivity contribution in [1.29, 1.82) is 0 Å². The van der Waals surface area contributed by atoms with Crippen LogP contribution in [0.4, 0.5) is 0 Å². The molecule has 0 bridgehead atoms. The maximum atomic E-state index is 12.6. The molecule has 1 atom stereocenters. The van der Waals surface area contributed by atoms with Gasteiger partial charge in [-0.15, -0.1) is 11.3 Å². The predicted molar refractivity (Wildman–Crippen MR) is 161 cm³/mol. The highest BCUT2D eigenvalue weighted by molar-refractivity contribution is 7.21. The number of rotatable bonds is 10. The van der Waals surface area contributed by atoms with Crippen LogP contribution >= 0.6 is 22.9 Å². The Kier molecular flexibility index (Phi) is 8.93. The van der Waals surface area contributed by atoms with Gasteiger partial charge < -0.3 is 14.2 Å². The number of carbonyl (C=O) groups excluding carboxylic acids is 2. The summed E-state index contributed by atoms with van der Waals surface area (Å²) < 4.78 is 17.9. The maximum absolute atomic E-state index is 12.6. The minimum atomic E-state index is -0.772. The van der Waals surface area contributed by atoms with Gasteiger partial charge in [-0.05, 0) is 72.6 Å². The normalized spacial score (nSPS) is 11.8. The lowest BCUT2D eigenvalue weighted by atomic mass is 10.2.